The predicted octanol–water partition coefficient (Wildman–Crippen LogP) is 2.25. The van der Waals surface area contributed by atoms with E-state index in [1.807, 2.05) is 12.1 Å². The van der Waals surface area contributed by atoms with Crippen LogP contribution in [0, 0.1) is 0 Å². The molecular weight excluding hydrogens is 196 g/mol. The number of benzene rings is 1. The van der Waals surface area contributed by atoms with Gasteiger partial charge in [-0.2, -0.15) is 0 Å². The summed E-state index contributed by atoms with van der Waals surface area (Å²) in [4.78, 5) is 9.07. The van der Waals surface area contributed by atoms with Crippen LogP contribution in [0.4, 0.5) is 0 Å². The van der Waals surface area contributed by atoms with Gasteiger partial charge in [-0.3, -0.25) is 4.84 Å². The van der Waals surface area contributed by atoms with Crippen LogP contribution < -0.4 is 5.90 Å². The van der Waals surface area contributed by atoms with Crippen molar-refractivity contribution in [3.8, 4) is 0 Å². The molecule has 0 atom stereocenters. The SMILES string of the molecule is CCc1nc2ccc(CON)cc2s1. The van der Waals surface area contributed by atoms with Gasteiger partial charge in [0.2, 0.25) is 0 Å². The summed E-state index contributed by atoms with van der Waals surface area (Å²) in [7, 11) is 0. The Labute approximate surface area is 86.5 Å². The number of fused-ring (bicyclic) bond motifs is 1. The first-order valence-corrected chi connectivity index (χ1v) is 5.35. The number of aromatic nitrogens is 1. The van der Waals surface area contributed by atoms with E-state index in [1.54, 1.807) is 11.3 Å². The van der Waals surface area contributed by atoms with E-state index in [2.05, 4.69) is 22.8 Å². The van der Waals surface area contributed by atoms with Crippen LogP contribution >= 0.6 is 11.3 Å². The number of aryl methyl sites for hydroxylation is 1. The zero-order chi connectivity index (χ0) is 9.97. The van der Waals surface area contributed by atoms with Crippen LogP contribution in [0.25, 0.3) is 10.2 Å². The third-order valence-corrected chi connectivity index (χ3v) is 3.21. The Morgan fingerprint density at radius 1 is 1.50 bits per heavy atom. The molecule has 3 nitrogen and oxygen atoms in total. The van der Waals surface area contributed by atoms with Gasteiger partial charge in [0.1, 0.15) is 0 Å². The molecule has 0 radical (unpaired) electrons. The van der Waals surface area contributed by atoms with E-state index in [9.17, 15) is 0 Å². The molecule has 2 rings (SSSR count). The van der Waals surface area contributed by atoms with E-state index < -0.39 is 0 Å². The fourth-order valence-corrected chi connectivity index (χ4v) is 2.32. The smallest absolute Gasteiger partial charge is 0.0935 e. The molecule has 0 saturated carbocycles. The minimum absolute atomic E-state index is 0.454. The van der Waals surface area contributed by atoms with Gasteiger partial charge < -0.3 is 0 Å². The highest BCUT2D eigenvalue weighted by Crippen LogP contribution is 2.23. The van der Waals surface area contributed by atoms with Crippen LogP contribution in [-0.2, 0) is 17.9 Å². The van der Waals surface area contributed by atoms with Gasteiger partial charge >= 0.3 is 0 Å². The second kappa shape index (κ2) is 4.04. The number of nitrogens with two attached hydrogens (primary N) is 1. The van der Waals surface area contributed by atoms with Gasteiger partial charge in [-0.05, 0) is 24.1 Å². The molecule has 1 aromatic carbocycles. The molecule has 0 spiro atoms. The minimum atomic E-state index is 0.454. The highest BCUT2D eigenvalue weighted by Gasteiger charge is 2.02. The maximum atomic E-state index is 5.02. The van der Waals surface area contributed by atoms with Gasteiger partial charge in [0.15, 0.2) is 0 Å². The number of hydrogen-bond acceptors (Lipinski definition) is 4. The van der Waals surface area contributed by atoms with Crippen LogP contribution in [0.1, 0.15) is 17.5 Å². The van der Waals surface area contributed by atoms with Gasteiger partial charge in [-0.15, -0.1) is 11.3 Å². The first-order valence-electron chi connectivity index (χ1n) is 4.53. The van der Waals surface area contributed by atoms with Gasteiger partial charge in [-0.25, -0.2) is 10.9 Å². The summed E-state index contributed by atoms with van der Waals surface area (Å²) in [5, 5.41) is 1.17. The lowest BCUT2D eigenvalue weighted by atomic mass is 10.2. The van der Waals surface area contributed by atoms with Crippen molar-refractivity contribution in [3.63, 3.8) is 0 Å². The van der Waals surface area contributed by atoms with Crippen molar-refractivity contribution < 1.29 is 4.84 Å². The molecule has 0 aliphatic carbocycles. The van der Waals surface area contributed by atoms with Crippen molar-refractivity contribution in [2.45, 2.75) is 20.0 Å². The molecule has 1 heterocycles. The highest BCUT2D eigenvalue weighted by molar-refractivity contribution is 7.18. The largest absolute Gasteiger partial charge is 0.300 e. The van der Waals surface area contributed by atoms with Crippen molar-refractivity contribution in [2.24, 2.45) is 5.90 Å². The first kappa shape index (κ1) is 9.58. The normalized spacial score (nSPS) is 11.0. The zero-order valence-electron chi connectivity index (χ0n) is 7.99. The van der Waals surface area contributed by atoms with Gasteiger partial charge in [0.05, 0.1) is 21.8 Å². The molecule has 0 aliphatic rings. The third kappa shape index (κ3) is 1.77. The predicted molar refractivity (Wildman–Crippen MR) is 58.0 cm³/mol. The van der Waals surface area contributed by atoms with Gasteiger partial charge in [0.25, 0.3) is 0 Å². The quantitative estimate of drug-likeness (QED) is 0.787. The minimum Gasteiger partial charge on any atom is -0.300 e. The van der Waals surface area contributed by atoms with Crippen molar-refractivity contribution >= 4 is 21.6 Å². The molecule has 4 heteroatoms. The Hall–Kier alpha value is -0.970. The molecule has 0 aliphatic heterocycles. The van der Waals surface area contributed by atoms with E-state index in [0.29, 0.717) is 6.61 Å². The van der Waals surface area contributed by atoms with E-state index in [4.69, 9.17) is 5.90 Å². The monoisotopic (exact) mass is 208 g/mol. The zero-order valence-corrected chi connectivity index (χ0v) is 8.80. The fraction of sp³-hybridized carbons (Fsp3) is 0.300. The second-order valence-electron chi connectivity index (χ2n) is 3.07. The molecule has 74 valence electrons. The maximum absolute atomic E-state index is 5.02. The van der Waals surface area contributed by atoms with E-state index in [1.165, 1.54) is 9.71 Å². The molecular formula is C10H12N2OS. The lowest BCUT2D eigenvalue weighted by Gasteiger charge is -1.96. The molecule has 0 amide bonds. The number of rotatable bonds is 3. The summed E-state index contributed by atoms with van der Waals surface area (Å²) in [6, 6.07) is 6.09. The lowest BCUT2D eigenvalue weighted by molar-refractivity contribution is 0.124. The third-order valence-electron chi connectivity index (χ3n) is 2.05. The number of hydrogen-bond donors (Lipinski definition) is 1. The Balaban J connectivity index is 2.43. The maximum Gasteiger partial charge on any atom is 0.0935 e. The topological polar surface area (TPSA) is 48.1 Å². The Kier molecular flexibility index (Phi) is 2.77. The van der Waals surface area contributed by atoms with Gasteiger partial charge in [-0.1, -0.05) is 13.0 Å². The second-order valence-corrected chi connectivity index (χ2v) is 4.19. The number of nitrogens with zero attached hydrogens (tertiary/aromatic N) is 1. The average Bonchev–Trinajstić information content (AvgIpc) is 2.60. The average molecular weight is 208 g/mol. The lowest BCUT2D eigenvalue weighted by Crippen LogP contribution is -1.98. The fourth-order valence-electron chi connectivity index (χ4n) is 1.35. The van der Waals surface area contributed by atoms with E-state index in [-0.39, 0.29) is 0 Å². The van der Waals surface area contributed by atoms with E-state index >= 15 is 0 Å². The highest BCUT2D eigenvalue weighted by atomic mass is 32.1. The molecule has 2 N–H and O–H groups in total. The Morgan fingerprint density at radius 3 is 3.07 bits per heavy atom. The van der Waals surface area contributed by atoms with Crippen molar-refractivity contribution in [2.75, 3.05) is 0 Å². The molecule has 0 fully saturated rings. The summed E-state index contributed by atoms with van der Waals surface area (Å²) in [6.45, 7) is 2.57. The molecule has 0 saturated heterocycles. The summed E-state index contributed by atoms with van der Waals surface area (Å²) in [6.07, 6.45) is 0.988. The molecule has 0 bridgehead atoms. The van der Waals surface area contributed by atoms with Crippen molar-refractivity contribution in [1.82, 2.24) is 4.98 Å². The molecule has 14 heavy (non-hydrogen) atoms. The standard InChI is InChI=1S/C10H12N2OS/c1-2-10-12-8-4-3-7(6-13-11)5-9(8)14-10/h3-5H,2,6,11H2,1H3. The first-order chi connectivity index (χ1) is 6.83. The van der Waals surface area contributed by atoms with Crippen LogP contribution in [-0.4, -0.2) is 4.98 Å². The Morgan fingerprint density at radius 2 is 2.36 bits per heavy atom. The molecule has 0 unspecified atom stereocenters. The van der Waals surface area contributed by atoms with Crippen LogP contribution in [0.5, 0.6) is 0 Å². The van der Waals surface area contributed by atoms with Crippen molar-refractivity contribution in [1.29, 1.82) is 0 Å². The Bertz CT molecular complexity index is 439. The number of thiazole rings is 1. The van der Waals surface area contributed by atoms with Crippen molar-refractivity contribution in [3.05, 3.63) is 28.8 Å². The molecule has 2 aromatic rings. The van der Waals surface area contributed by atoms with E-state index in [0.717, 1.165) is 17.5 Å². The van der Waals surface area contributed by atoms with Gasteiger partial charge in [0, 0.05) is 0 Å². The van der Waals surface area contributed by atoms with Crippen LogP contribution in [0.15, 0.2) is 18.2 Å². The molecule has 1 aromatic heterocycles. The summed E-state index contributed by atoms with van der Waals surface area (Å²) < 4.78 is 1.20. The summed E-state index contributed by atoms with van der Waals surface area (Å²) >= 11 is 1.73. The van der Waals surface area contributed by atoms with Crippen LogP contribution in [0.3, 0.4) is 0 Å². The summed E-state index contributed by atoms with van der Waals surface area (Å²) in [5.74, 6) is 5.02. The van der Waals surface area contributed by atoms with Crippen LogP contribution in [0.2, 0.25) is 0 Å². The summed E-state index contributed by atoms with van der Waals surface area (Å²) in [5.41, 5.74) is 2.15.